The van der Waals surface area contributed by atoms with E-state index in [0.29, 0.717) is 44.9 Å². The molecule has 0 amide bonds. The fourth-order valence-corrected chi connectivity index (χ4v) is 14.7. The number of hydrogen-bond donors (Lipinski definition) is 4. The van der Waals surface area contributed by atoms with Gasteiger partial charge in [0, 0.05) is 60.0 Å². The molecule has 0 aromatic carbocycles. The average molecular weight is 1070 g/mol. The van der Waals surface area contributed by atoms with Gasteiger partial charge in [0.25, 0.3) is 0 Å². The summed E-state index contributed by atoms with van der Waals surface area (Å²) < 4.78 is 81.6. The fraction of sp³-hybridized carbons (Fsp3) is 0.893. The molecule has 8 rings (SSSR count). The van der Waals surface area contributed by atoms with Crippen LogP contribution in [0.2, 0.25) is 0 Å². The van der Waals surface area contributed by atoms with E-state index in [2.05, 4.69) is 6.92 Å². The second kappa shape index (κ2) is 22.8. The summed E-state index contributed by atoms with van der Waals surface area (Å²) in [7, 11) is 6.49. The smallest absolute Gasteiger partial charge is 0.310 e. The molecule has 4 saturated heterocycles. The Kier molecular flexibility index (Phi) is 18.0. The largest absolute Gasteiger partial charge is 0.461 e. The molecule has 75 heavy (non-hydrogen) atoms. The van der Waals surface area contributed by atoms with Crippen LogP contribution in [-0.4, -0.2) is 188 Å². The number of ether oxygens (including phenoxy) is 13. The van der Waals surface area contributed by atoms with Gasteiger partial charge in [-0.15, -0.1) is 0 Å². The summed E-state index contributed by atoms with van der Waals surface area (Å²) in [6, 6.07) is 0. The van der Waals surface area contributed by atoms with Crippen molar-refractivity contribution in [2.75, 3.05) is 28.4 Å². The molecule has 3 saturated carbocycles. The normalized spacial score (nSPS) is 48.9. The lowest BCUT2D eigenvalue weighted by molar-refractivity contribution is -0.347. The highest BCUT2D eigenvalue weighted by Crippen LogP contribution is 2.71. The lowest BCUT2D eigenvalue weighted by Gasteiger charge is -2.67. The molecule has 0 aromatic rings. The number of aliphatic hydroxyl groups excluding tert-OH is 1. The Morgan fingerprint density at radius 1 is 0.640 bits per heavy atom. The SMILES string of the molecule is CO[C@H]1C[C@H](OC2CC[C@@]3(C)C(=CC[C@]4(O)[C@@H]3C[C@@H](OC(=O)CC(C)=C(C)C)[C@@]3(C)[C@@]4(O)CC[C@@]3(O)C(C)=O)C2)O[C@H](C)C1O[C@H]1C[C@H](OC)[C@H](O[C@H]2C[C@H](OC)[C@H](O[C@H]3C[C@@H](OC)[C@@H](O)[C@H](C)O3)[C@@H](C)O2)[C@H](C)O1. The zero-order chi connectivity index (χ0) is 54.7. The number of Topliss-reactive ketones (excluding diaryl/α,β-unsaturated/α-hetero) is 1. The van der Waals surface area contributed by atoms with Crippen molar-refractivity contribution in [1.82, 2.24) is 0 Å². The zero-order valence-electron chi connectivity index (χ0n) is 46.9. The number of allylic oxidation sites excluding steroid dienone is 1. The quantitative estimate of drug-likeness (QED) is 0.114. The number of rotatable bonds is 16. The maximum absolute atomic E-state index is 13.6. The predicted molar refractivity (Wildman–Crippen MR) is 269 cm³/mol. The second-order valence-electron chi connectivity index (χ2n) is 23.9. The van der Waals surface area contributed by atoms with Crippen LogP contribution in [0.5, 0.6) is 0 Å². The molecule has 4 aliphatic carbocycles. The van der Waals surface area contributed by atoms with Gasteiger partial charge in [-0.3, -0.25) is 9.59 Å². The maximum atomic E-state index is 13.6. The Hall–Kier alpha value is -2.02. The van der Waals surface area contributed by atoms with Crippen molar-refractivity contribution in [3.63, 3.8) is 0 Å². The number of hydrogen-bond acceptors (Lipinski definition) is 19. The Morgan fingerprint density at radius 3 is 1.57 bits per heavy atom. The monoisotopic (exact) mass is 1070 g/mol. The fourth-order valence-electron chi connectivity index (χ4n) is 14.7. The van der Waals surface area contributed by atoms with Gasteiger partial charge in [-0.05, 0) is 113 Å². The van der Waals surface area contributed by atoms with E-state index in [1.54, 1.807) is 42.3 Å². The van der Waals surface area contributed by atoms with E-state index < -0.39 is 144 Å². The first-order valence-corrected chi connectivity index (χ1v) is 27.5. The standard InChI is InChI=1S/C56H90O19/c1-28(2)29(3)21-43(58)72-42-27-41-52(9)17-16-36(22-35(52)15-18-55(41,61)56(62)20-19-54(60,34(8)57)53(42,56)10)71-44-24-38(64-12)49(31(5)68-44)74-46-26-40(66-14)51(33(7)70-46)75-47-25-39(65-13)50(32(6)69-47)73-45-23-37(63-11)48(59)30(4)67-45/h15,30-33,36-42,44-51,59-62H,16-27H2,1-14H3/t30-,31+,32+,33-,36?,37+,38-,39-,40-,41+,42+,44-,45-,46-,47-,48-,49?,50+,51+,52-,53+,54+,55-,56-/m0/s1. The van der Waals surface area contributed by atoms with Crippen LogP contribution in [0, 0.1) is 16.7 Å². The predicted octanol–water partition coefficient (Wildman–Crippen LogP) is 5.27. The molecule has 4 N–H and O–H groups in total. The number of methoxy groups -OCH3 is 4. The van der Waals surface area contributed by atoms with E-state index >= 15 is 0 Å². The van der Waals surface area contributed by atoms with Crippen molar-refractivity contribution in [1.29, 1.82) is 0 Å². The molecule has 4 heterocycles. The Labute approximate surface area is 443 Å². The number of fused-ring (bicyclic) bond motifs is 5. The maximum Gasteiger partial charge on any atom is 0.310 e. The molecule has 0 radical (unpaired) electrons. The number of carbonyl (C=O) groups is 2. The van der Waals surface area contributed by atoms with Crippen molar-refractivity contribution >= 4 is 11.8 Å². The summed E-state index contributed by atoms with van der Waals surface area (Å²) in [4.78, 5) is 26.9. The first-order valence-electron chi connectivity index (χ1n) is 27.5. The zero-order valence-corrected chi connectivity index (χ0v) is 46.9. The van der Waals surface area contributed by atoms with Gasteiger partial charge in [0.2, 0.25) is 0 Å². The van der Waals surface area contributed by atoms with Crippen molar-refractivity contribution in [3.05, 3.63) is 22.8 Å². The summed E-state index contributed by atoms with van der Waals surface area (Å²) in [5.41, 5.74) is -5.02. The molecular formula is C56H90O19. The molecule has 19 nitrogen and oxygen atoms in total. The second-order valence-corrected chi connectivity index (χ2v) is 23.9. The summed E-state index contributed by atoms with van der Waals surface area (Å²) in [5.74, 6) is -1.59. The molecule has 4 aliphatic heterocycles. The van der Waals surface area contributed by atoms with Crippen molar-refractivity contribution in [3.8, 4) is 0 Å². The van der Waals surface area contributed by atoms with Crippen molar-refractivity contribution in [2.45, 2.75) is 274 Å². The van der Waals surface area contributed by atoms with Gasteiger partial charge in [-0.25, -0.2) is 0 Å². The van der Waals surface area contributed by atoms with Gasteiger partial charge in [-0.1, -0.05) is 29.7 Å². The minimum absolute atomic E-state index is 0.0283. The molecule has 24 atom stereocenters. The number of esters is 1. The third kappa shape index (κ3) is 10.6. The Bertz CT molecular complexity index is 2080. The Balaban J connectivity index is 0.876. The van der Waals surface area contributed by atoms with Crippen LogP contribution in [0.4, 0.5) is 0 Å². The van der Waals surface area contributed by atoms with Gasteiger partial charge < -0.3 is 82.0 Å². The average Bonchev–Trinajstić information content (AvgIpc) is 3.60. The number of carbonyl (C=O) groups excluding carboxylic acids is 2. The highest BCUT2D eigenvalue weighted by Gasteiger charge is 2.81. The van der Waals surface area contributed by atoms with E-state index in [-0.39, 0.29) is 44.3 Å². The third-order valence-corrected chi connectivity index (χ3v) is 19.7. The van der Waals surface area contributed by atoms with Crippen LogP contribution in [0.25, 0.3) is 0 Å². The minimum atomic E-state index is -2.02. The van der Waals surface area contributed by atoms with Crippen LogP contribution < -0.4 is 0 Å². The molecule has 2 unspecified atom stereocenters. The van der Waals surface area contributed by atoms with E-state index in [1.807, 2.05) is 47.6 Å². The number of ketones is 1. The van der Waals surface area contributed by atoms with E-state index in [1.165, 1.54) is 6.92 Å². The van der Waals surface area contributed by atoms with Gasteiger partial charge in [0.1, 0.15) is 47.3 Å². The van der Waals surface area contributed by atoms with Crippen molar-refractivity contribution < 1.29 is 91.6 Å². The van der Waals surface area contributed by atoms with Crippen molar-refractivity contribution in [2.24, 2.45) is 16.7 Å². The highest BCUT2D eigenvalue weighted by atomic mass is 16.8. The topological polar surface area (TPSA) is 235 Å². The van der Waals surface area contributed by atoms with Gasteiger partial charge in [0.15, 0.2) is 30.9 Å². The lowest BCUT2D eigenvalue weighted by Crippen LogP contribution is -2.78. The van der Waals surface area contributed by atoms with Gasteiger partial charge >= 0.3 is 5.97 Å². The first kappa shape index (κ1) is 59.1. The van der Waals surface area contributed by atoms with Crippen LogP contribution >= 0.6 is 0 Å². The molecule has 8 aliphatic rings. The molecule has 0 bridgehead atoms. The number of aliphatic hydroxyl groups is 4. The van der Waals surface area contributed by atoms with E-state index in [0.717, 1.165) is 16.7 Å². The molecular weight excluding hydrogens is 977 g/mol. The molecule has 0 spiro atoms. The lowest BCUT2D eigenvalue weighted by atomic mass is 9.42. The Morgan fingerprint density at radius 2 is 1.11 bits per heavy atom. The van der Waals surface area contributed by atoms with Crippen LogP contribution in [0.3, 0.4) is 0 Å². The minimum Gasteiger partial charge on any atom is -0.461 e. The van der Waals surface area contributed by atoms with E-state index in [4.69, 9.17) is 61.6 Å². The highest BCUT2D eigenvalue weighted by molar-refractivity contribution is 5.87. The summed E-state index contributed by atoms with van der Waals surface area (Å²) in [6.07, 6.45) is -3.81. The molecule has 0 aromatic heterocycles. The molecule has 7 fully saturated rings. The summed E-state index contributed by atoms with van der Waals surface area (Å²) in [5, 5.41) is 48.5. The first-order chi connectivity index (χ1) is 35.3. The van der Waals surface area contributed by atoms with Crippen LogP contribution in [-0.2, 0) is 71.2 Å². The van der Waals surface area contributed by atoms with Gasteiger partial charge in [0.05, 0.1) is 66.8 Å². The van der Waals surface area contributed by atoms with E-state index in [9.17, 15) is 30.0 Å². The van der Waals surface area contributed by atoms with Crippen LogP contribution in [0.1, 0.15) is 146 Å². The third-order valence-electron chi connectivity index (χ3n) is 19.7. The summed E-state index contributed by atoms with van der Waals surface area (Å²) in [6.45, 7) is 18.3. The summed E-state index contributed by atoms with van der Waals surface area (Å²) >= 11 is 0. The van der Waals surface area contributed by atoms with Crippen LogP contribution in [0.15, 0.2) is 22.8 Å². The van der Waals surface area contributed by atoms with Gasteiger partial charge in [-0.2, -0.15) is 0 Å². The molecule has 19 heteroatoms. The molecule has 428 valence electrons.